The van der Waals surface area contributed by atoms with E-state index in [1.165, 1.54) is 0 Å². The van der Waals surface area contributed by atoms with E-state index in [0.717, 1.165) is 23.7 Å². The lowest BCUT2D eigenvalue weighted by atomic mass is 9.90. The number of nitrogens with zero attached hydrogens (tertiary/aromatic N) is 3. The number of rotatable bonds is 2. The van der Waals surface area contributed by atoms with E-state index in [4.69, 9.17) is 0 Å². The highest BCUT2D eigenvalue weighted by Crippen LogP contribution is 2.35. The van der Waals surface area contributed by atoms with Gasteiger partial charge in [0.15, 0.2) is 0 Å². The van der Waals surface area contributed by atoms with E-state index in [1.54, 1.807) is 11.3 Å². The largest absolute Gasteiger partial charge is 0.350 e. The summed E-state index contributed by atoms with van der Waals surface area (Å²) in [5, 5.41) is 6.06. The molecule has 23 heavy (non-hydrogen) atoms. The number of aliphatic imine (C=N–C) groups is 1. The maximum Gasteiger partial charge on any atom is 0.273 e. The van der Waals surface area contributed by atoms with Crippen LogP contribution in [0.5, 0.6) is 0 Å². The Hall–Kier alpha value is -1.95. The van der Waals surface area contributed by atoms with E-state index in [2.05, 4.69) is 41.3 Å². The first kappa shape index (κ1) is 14.6. The minimum atomic E-state index is 0.0683. The second-order valence-corrected chi connectivity index (χ2v) is 7.36. The number of hydrogen-bond acceptors (Lipinski definition) is 5. The van der Waals surface area contributed by atoms with Crippen molar-refractivity contribution in [2.45, 2.75) is 44.7 Å². The molecule has 0 radical (unpaired) electrons. The number of carbonyl (C=O) groups excluding carboxylic acids is 1. The maximum absolute atomic E-state index is 12.8. The van der Waals surface area contributed by atoms with Crippen LogP contribution in [0, 0.1) is 5.92 Å². The van der Waals surface area contributed by atoms with E-state index in [-0.39, 0.29) is 17.7 Å². The molecule has 1 aromatic rings. The Morgan fingerprint density at radius 1 is 1.26 bits per heavy atom. The highest BCUT2D eigenvalue weighted by Gasteiger charge is 2.35. The first-order chi connectivity index (χ1) is 11.1. The normalized spacial score (nSPS) is 31.9. The highest BCUT2D eigenvalue weighted by molar-refractivity contribution is 7.10. The number of amidine groups is 1. The molecule has 1 fully saturated rings. The summed E-state index contributed by atoms with van der Waals surface area (Å²) in [4.78, 5) is 23.8. The molecule has 4 heterocycles. The summed E-state index contributed by atoms with van der Waals surface area (Å²) in [7, 11) is 0. The third kappa shape index (κ3) is 2.41. The van der Waals surface area contributed by atoms with Gasteiger partial charge in [0.05, 0.1) is 0 Å². The van der Waals surface area contributed by atoms with Gasteiger partial charge in [-0.1, -0.05) is 12.2 Å². The van der Waals surface area contributed by atoms with Gasteiger partial charge < -0.3 is 10.2 Å². The lowest BCUT2D eigenvalue weighted by Gasteiger charge is -2.25. The van der Waals surface area contributed by atoms with Gasteiger partial charge in [0.2, 0.25) is 0 Å². The summed E-state index contributed by atoms with van der Waals surface area (Å²) in [6.45, 7) is 4.24. The minimum Gasteiger partial charge on any atom is -0.350 e. The molecule has 5 nitrogen and oxygen atoms in total. The molecule has 0 spiro atoms. The van der Waals surface area contributed by atoms with E-state index in [9.17, 15) is 4.79 Å². The Kier molecular flexibility index (Phi) is 3.56. The molecule has 120 valence electrons. The SMILES string of the molecule is CC1CC[C@@H](C)N1C(=O)c1csc(C2C=CNC3=NC=CC32)n1. The number of allylic oxidation sites excluding steroid dienone is 1. The molecule has 0 bridgehead atoms. The molecule has 1 N–H and O–H groups in total. The van der Waals surface area contributed by atoms with Gasteiger partial charge in [-0.2, -0.15) is 0 Å². The third-order valence-electron chi connectivity index (χ3n) is 4.96. The van der Waals surface area contributed by atoms with Crippen molar-refractivity contribution in [3.05, 3.63) is 40.6 Å². The van der Waals surface area contributed by atoms with Gasteiger partial charge in [-0.05, 0) is 32.9 Å². The molecule has 1 saturated heterocycles. The van der Waals surface area contributed by atoms with E-state index in [0.29, 0.717) is 17.8 Å². The van der Waals surface area contributed by atoms with Crippen molar-refractivity contribution < 1.29 is 4.79 Å². The summed E-state index contributed by atoms with van der Waals surface area (Å²) in [5.41, 5.74) is 0.581. The van der Waals surface area contributed by atoms with Crippen LogP contribution in [-0.2, 0) is 0 Å². The zero-order valence-electron chi connectivity index (χ0n) is 13.3. The second kappa shape index (κ2) is 5.60. The van der Waals surface area contributed by atoms with Crippen LogP contribution in [0.1, 0.15) is 48.1 Å². The van der Waals surface area contributed by atoms with Crippen LogP contribution in [-0.4, -0.2) is 33.7 Å². The lowest BCUT2D eigenvalue weighted by molar-refractivity contribution is 0.0687. The smallest absolute Gasteiger partial charge is 0.273 e. The van der Waals surface area contributed by atoms with Crippen LogP contribution in [0.4, 0.5) is 0 Å². The Morgan fingerprint density at radius 2 is 2.04 bits per heavy atom. The second-order valence-electron chi connectivity index (χ2n) is 6.47. The molecule has 4 rings (SSSR count). The van der Waals surface area contributed by atoms with Gasteiger partial charge in [0.1, 0.15) is 16.5 Å². The van der Waals surface area contributed by atoms with Crippen molar-refractivity contribution in [1.82, 2.24) is 15.2 Å². The molecule has 3 aliphatic rings. The molecule has 0 aliphatic carbocycles. The monoisotopic (exact) mass is 328 g/mol. The number of amides is 1. The average Bonchev–Trinajstić information content (AvgIpc) is 3.26. The Balaban J connectivity index is 1.58. The van der Waals surface area contributed by atoms with Crippen molar-refractivity contribution >= 4 is 23.1 Å². The molecule has 6 heteroatoms. The van der Waals surface area contributed by atoms with Gasteiger partial charge in [-0.3, -0.25) is 4.79 Å². The zero-order chi connectivity index (χ0) is 16.0. The third-order valence-corrected chi connectivity index (χ3v) is 5.90. The van der Waals surface area contributed by atoms with Crippen LogP contribution < -0.4 is 5.32 Å². The number of carbonyl (C=O) groups is 1. The van der Waals surface area contributed by atoms with Crippen LogP contribution in [0.15, 0.2) is 34.9 Å². The molecule has 3 aliphatic heterocycles. The number of thiazole rings is 1. The summed E-state index contributed by atoms with van der Waals surface area (Å²) in [6.07, 6.45) is 10.1. The predicted octanol–water partition coefficient (Wildman–Crippen LogP) is 2.90. The summed E-state index contributed by atoms with van der Waals surface area (Å²) in [5.74, 6) is 1.40. The topological polar surface area (TPSA) is 57.6 Å². The Morgan fingerprint density at radius 3 is 2.83 bits per heavy atom. The van der Waals surface area contributed by atoms with Crippen molar-refractivity contribution in [3.63, 3.8) is 0 Å². The van der Waals surface area contributed by atoms with Crippen LogP contribution in [0.3, 0.4) is 0 Å². The van der Waals surface area contributed by atoms with Crippen molar-refractivity contribution in [1.29, 1.82) is 0 Å². The Labute approximate surface area is 139 Å². The number of nitrogens with one attached hydrogen (secondary N) is 1. The predicted molar refractivity (Wildman–Crippen MR) is 91.5 cm³/mol. The fourth-order valence-corrected chi connectivity index (χ4v) is 4.60. The van der Waals surface area contributed by atoms with Crippen molar-refractivity contribution in [3.8, 4) is 0 Å². The number of hydrogen-bond donors (Lipinski definition) is 1. The number of fused-ring (bicyclic) bond motifs is 1. The number of likely N-dealkylation sites (tertiary alicyclic amines) is 1. The molecule has 0 aromatic carbocycles. The molecule has 4 atom stereocenters. The Bertz CT molecular complexity index is 710. The number of aromatic nitrogens is 1. The van der Waals surface area contributed by atoms with Gasteiger partial charge in [-0.15, -0.1) is 11.3 Å². The van der Waals surface area contributed by atoms with E-state index >= 15 is 0 Å². The molecule has 0 saturated carbocycles. The fraction of sp³-hybridized carbons (Fsp3) is 0.471. The molecule has 3 unspecified atom stereocenters. The summed E-state index contributed by atoms with van der Waals surface area (Å²) in [6, 6.07) is 0.607. The molecule has 1 amide bonds. The molecular weight excluding hydrogens is 308 g/mol. The van der Waals surface area contributed by atoms with Gasteiger partial charge in [0.25, 0.3) is 5.91 Å². The zero-order valence-corrected chi connectivity index (χ0v) is 14.1. The summed E-state index contributed by atoms with van der Waals surface area (Å²) >= 11 is 1.57. The quantitative estimate of drug-likeness (QED) is 0.908. The average molecular weight is 328 g/mol. The minimum absolute atomic E-state index is 0.0683. The van der Waals surface area contributed by atoms with Gasteiger partial charge in [-0.25, -0.2) is 9.98 Å². The molecular formula is C17H20N4OS. The van der Waals surface area contributed by atoms with E-state index in [1.807, 2.05) is 22.7 Å². The van der Waals surface area contributed by atoms with E-state index < -0.39 is 0 Å². The van der Waals surface area contributed by atoms with Crippen LogP contribution in [0.25, 0.3) is 0 Å². The van der Waals surface area contributed by atoms with Crippen LogP contribution in [0.2, 0.25) is 0 Å². The molecule has 1 aromatic heterocycles. The first-order valence-electron chi connectivity index (χ1n) is 8.11. The maximum atomic E-state index is 12.8. The lowest BCUT2D eigenvalue weighted by Crippen LogP contribution is -2.38. The van der Waals surface area contributed by atoms with Crippen LogP contribution >= 0.6 is 11.3 Å². The van der Waals surface area contributed by atoms with Gasteiger partial charge in [0, 0.05) is 35.5 Å². The fourth-order valence-electron chi connectivity index (χ4n) is 3.68. The highest BCUT2D eigenvalue weighted by atomic mass is 32.1. The van der Waals surface area contributed by atoms with Crippen molar-refractivity contribution in [2.24, 2.45) is 10.9 Å². The van der Waals surface area contributed by atoms with Crippen molar-refractivity contribution in [2.75, 3.05) is 0 Å². The standard InChI is InChI=1S/C17H20N4OS/c1-10-3-4-11(2)21(10)17(22)14-9-23-16(20-14)13-6-8-19-15-12(13)5-7-18-15/h5-13H,3-4H2,1-2H3,(H,18,19)/t10-,11?,12?,13?/m1/s1. The summed E-state index contributed by atoms with van der Waals surface area (Å²) < 4.78 is 0. The first-order valence-corrected chi connectivity index (χ1v) is 8.99. The van der Waals surface area contributed by atoms with Gasteiger partial charge >= 0.3 is 0 Å².